The Hall–Kier alpha value is -0.0400. The number of hydrogen-bond acceptors (Lipinski definition) is 1. The Morgan fingerprint density at radius 1 is 1.15 bits per heavy atom. The van der Waals surface area contributed by atoms with Crippen molar-refractivity contribution in [2.45, 2.75) is 47.0 Å². The lowest BCUT2D eigenvalue weighted by Gasteiger charge is -2.21. The molecule has 0 aromatic carbocycles. The molecule has 1 atom stereocenters. The normalized spacial score (nSPS) is 25.6. The summed E-state index contributed by atoms with van der Waals surface area (Å²) in [6.07, 6.45) is 3.87. The van der Waals surface area contributed by atoms with Gasteiger partial charge < -0.3 is 5.11 Å². The van der Waals surface area contributed by atoms with E-state index >= 15 is 0 Å². The maximum absolute atomic E-state index is 9.17. The SMILES string of the molecule is CC(C)CC1(CC(C)C)CC1CO. The molecule has 0 bridgehead atoms. The van der Waals surface area contributed by atoms with Gasteiger partial charge in [0, 0.05) is 6.61 Å². The second-order valence-electron chi connectivity index (χ2n) is 5.64. The largest absolute Gasteiger partial charge is 0.396 e. The second kappa shape index (κ2) is 4.00. The van der Waals surface area contributed by atoms with E-state index in [1.54, 1.807) is 0 Å². The Morgan fingerprint density at radius 2 is 1.62 bits per heavy atom. The number of aliphatic hydroxyl groups excluding tert-OH is 1. The number of hydrogen-bond donors (Lipinski definition) is 1. The molecule has 0 saturated heterocycles. The van der Waals surface area contributed by atoms with E-state index in [-0.39, 0.29) is 0 Å². The van der Waals surface area contributed by atoms with Crippen LogP contribution >= 0.6 is 0 Å². The maximum atomic E-state index is 9.17. The van der Waals surface area contributed by atoms with Gasteiger partial charge in [0.25, 0.3) is 0 Å². The van der Waals surface area contributed by atoms with Crippen molar-refractivity contribution in [1.82, 2.24) is 0 Å². The van der Waals surface area contributed by atoms with E-state index in [1.165, 1.54) is 19.3 Å². The summed E-state index contributed by atoms with van der Waals surface area (Å²) < 4.78 is 0. The molecule has 1 aliphatic rings. The van der Waals surface area contributed by atoms with Crippen molar-refractivity contribution in [2.75, 3.05) is 6.61 Å². The molecule has 78 valence electrons. The van der Waals surface area contributed by atoms with E-state index < -0.39 is 0 Å². The van der Waals surface area contributed by atoms with Crippen molar-refractivity contribution >= 4 is 0 Å². The molecule has 0 aromatic rings. The van der Waals surface area contributed by atoms with Gasteiger partial charge in [0.05, 0.1) is 0 Å². The highest BCUT2D eigenvalue weighted by molar-refractivity contribution is 5.02. The third-order valence-corrected chi connectivity index (χ3v) is 3.21. The highest BCUT2D eigenvalue weighted by Crippen LogP contribution is 2.60. The Kier molecular flexibility index (Phi) is 3.39. The fourth-order valence-corrected chi connectivity index (χ4v) is 2.90. The first-order valence-electron chi connectivity index (χ1n) is 5.61. The zero-order valence-corrected chi connectivity index (χ0v) is 9.51. The third kappa shape index (κ3) is 2.70. The van der Waals surface area contributed by atoms with E-state index in [0.29, 0.717) is 17.9 Å². The Balaban J connectivity index is 2.47. The molecule has 1 unspecified atom stereocenters. The van der Waals surface area contributed by atoms with E-state index in [4.69, 9.17) is 5.11 Å². The van der Waals surface area contributed by atoms with Crippen molar-refractivity contribution in [1.29, 1.82) is 0 Å². The van der Waals surface area contributed by atoms with Gasteiger partial charge in [-0.1, -0.05) is 27.7 Å². The minimum atomic E-state index is 0.402. The molecule has 0 aliphatic heterocycles. The Labute approximate surface area is 82.5 Å². The zero-order valence-electron chi connectivity index (χ0n) is 9.51. The molecule has 0 aromatic heterocycles. The van der Waals surface area contributed by atoms with Crippen molar-refractivity contribution in [2.24, 2.45) is 23.2 Å². The van der Waals surface area contributed by atoms with E-state index in [1.807, 2.05) is 0 Å². The second-order valence-corrected chi connectivity index (χ2v) is 5.64. The van der Waals surface area contributed by atoms with Crippen LogP contribution in [0, 0.1) is 23.2 Å². The topological polar surface area (TPSA) is 20.2 Å². The van der Waals surface area contributed by atoms with Crippen LogP contribution in [0.4, 0.5) is 0 Å². The summed E-state index contributed by atoms with van der Waals surface area (Å²) >= 11 is 0. The van der Waals surface area contributed by atoms with E-state index in [2.05, 4.69) is 27.7 Å². The summed E-state index contributed by atoms with van der Waals surface area (Å²) in [5.41, 5.74) is 0.511. The molecule has 1 saturated carbocycles. The fraction of sp³-hybridized carbons (Fsp3) is 1.00. The van der Waals surface area contributed by atoms with Gasteiger partial charge in [0.2, 0.25) is 0 Å². The van der Waals surface area contributed by atoms with Gasteiger partial charge in [0.15, 0.2) is 0 Å². The molecule has 0 heterocycles. The summed E-state index contributed by atoms with van der Waals surface area (Å²) in [6.45, 7) is 9.55. The first-order valence-corrected chi connectivity index (χ1v) is 5.61. The summed E-state index contributed by atoms with van der Waals surface area (Å²) in [7, 11) is 0. The summed E-state index contributed by atoms with van der Waals surface area (Å²) in [5.74, 6) is 2.16. The number of rotatable bonds is 5. The molecular formula is C12H24O. The molecule has 1 N–H and O–H groups in total. The molecule has 0 radical (unpaired) electrons. The third-order valence-electron chi connectivity index (χ3n) is 3.21. The van der Waals surface area contributed by atoms with Crippen LogP contribution in [0.5, 0.6) is 0 Å². The van der Waals surface area contributed by atoms with Crippen molar-refractivity contribution in [3.05, 3.63) is 0 Å². The van der Waals surface area contributed by atoms with Gasteiger partial charge >= 0.3 is 0 Å². The van der Waals surface area contributed by atoms with Crippen molar-refractivity contribution < 1.29 is 5.11 Å². The summed E-state index contributed by atoms with van der Waals surface area (Å²) in [5, 5.41) is 9.17. The van der Waals surface area contributed by atoms with Crippen LogP contribution in [-0.4, -0.2) is 11.7 Å². The molecular weight excluding hydrogens is 160 g/mol. The highest BCUT2D eigenvalue weighted by Gasteiger charge is 2.52. The predicted molar refractivity (Wildman–Crippen MR) is 56.5 cm³/mol. The number of aliphatic hydroxyl groups is 1. The average molecular weight is 184 g/mol. The molecule has 13 heavy (non-hydrogen) atoms. The highest BCUT2D eigenvalue weighted by atomic mass is 16.3. The van der Waals surface area contributed by atoms with Crippen molar-refractivity contribution in [3.63, 3.8) is 0 Å². The molecule has 1 aliphatic carbocycles. The maximum Gasteiger partial charge on any atom is 0.0464 e. The molecule has 0 amide bonds. The quantitative estimate of drug-likeness (QED) is 0.696. The minimum Gasteiger partial charge on any atom is -0.396 e. The first kappa shape index (κ1) is 11.0. The fourth-order valence-electron chi connectivity index (χ4n) is 2.90. The minimum absolute atomic E-state index is 0.402. The van der Waals surface area contributed by atoms with Gasteiger partial charge in [0.1, 0.15) is 0 Å². The van der Waals surface area contributed by atoms with Crippen LogP contribution in [0.15, 0.2) is 0 Å². The molecule has 1 rings (SSSR count). The van der Waals surface area contributed by atoms with E-state index in [9.17, 15) is 0 Å². The summed E-state index contributed by atoms with van der Waals surface area (Å²) in [6, 6.07) is 0. The van der Waals surface area contributed by atoms with Gasteiger partial charge in [-0.25, -0.2) is 0 Å². The molecule has 1 fully saturated rings. The lowest BCUT2D eigenvalue weighted by molar-refractivity contribution is 0.217. The lowest BCUT2D eigenvalue weighted by atomic mass is 9.84. The van der Waals surface area contributed by atoms with Crippen LogP contribution in [0.25, 0.3) is 0 Å². The lowest BCUT2D eigenvalue weighted by Crippen LogP contribution is -2.13. The van der Waals surface area contributed by atoms with Gasteiger partial charge in [-0.2, -0.15) is 0 Å². The Morgan fingerprint density at radius 3 is 1.85 bits per heavy atom. The van der Waals surface area contributed by atoms with Crippen LogP contribution < -0.4 is 0 Å². The van der Waals surface area contributed by atoms with Gasteiger partial charge in [-0.05, 0) is 42.4 Å². The van der Waals surface area contributed by atoms with E-state index in [0.717, 1.165) is 11.8 Å². The molecule has 1 nitrogen and oxygen atoms in total. The average Bonchev–Trinajstić information content (AvgIpc) is 2.59. The predicted octanol–water partition coefficient (Wildman–Crippen LogP) is 3.08. The van der Waals surface area contributed by atoms with Crippen LogP contribution in [-0.2, 0) is 0 Å². The Bertz CT molecular complexity index is 151. The molecule has 0 spiro atoms. The monoisotopic (exact) mass is 184 g/mol. The van der Waals surface area contributed by atoms with Crippen LogP contribution in [0.1, 0.15) is 47.0 Å². The van der Waals surface area contributed by atoms with Gasteiger partial charge in [-0.3, -0.25) is 0 Å². The van der Waals surface area contributed by atoms with Gasteiger partial charge in [-0.15, -0.1) is 0 Å². The van der Waals surface area contributed by atoms with Crippen LogP contribution in [0.2, 0.25) is 0 Å². The van der Waals surface area contributed by atoms with Crippen LogP contribution in [0.3, 0.4) is 0 Å². The zero-order chi connectivity index (χ0) is 10.1. The smallest absolute Gasteiger partial charge is 0.0464 e. The standard InChI is InChI=1S/C12H24O/c1-9(2)5-12(6-10(3)4)7-11(12)8-13/h9-11,13H,5-8H2,1-4H3. The first-order chi connectivity index (χ1) is 6.00. The summed E-state index contributed by atoms with van der Waals surface area (Å²) in [4.78, 5) is 0. The molecule has 1 heteroatoms. The van der Waals surface area contributed by atoms with Crippen molar-refractivity contribution in [3.8, 4) is 0 Å².